The largest absolute Gasteiger partial charge is 0.382 e. The summed E-state index contributed by atoms with van der Waals surface area (Å²) in [4.78, 5) is 15.0. The molecule has 0 saturated carbocycles. The minimum atomic E-state index is -0.244. The van der Waals surface area contributed by atoms with E-state index >= 15 is 0 Å². The number of aromatic nitrogens is 1. The summed E-state index contributed by atoms with van der Waals surface area (Å²) >= 11 is 1.39. The van der Waals surface area contributed by atoms with E-state index in [1.807, 2.05) is 55.5 Å². The van der Waals surface area contributed by atoms with Crippen molar-refractivity contribution in [3.05, 3.63) is 87.2 Å². The fourth-order valence-electron chi connectivity index (χ4n) is 2.85. The number of aryl methyl sites for hydroxylation is 1. The highest BCUT2D eigenvalue weighted by Crippen LogP contribution is 2.30. The summed E-state index contributed by atoms with van der Waals surface area (Å²) in [5.74, 6) is 6.04. The van der Waals surface area contributed by atoms with E-state index < -0.39 is 0 Å². The molecule has 0 amide bonds. The van der Waals surface area contributed by atoms with Gasteiger partial charge >= 0.3 is 0 Å². The molecule has 0 fully saturated rings. The first-order valence-corrected chi connectivity index (χ1v) is 9.50. The molecular formula is C21H19N5OS. The van der Waals surface area contributed by atoms with E-state index in [0.717, 1.165) is 22.3 Å². The Morgan fingerprint density at radius 1 is 1.21 bits per heavy atom. The Labute approximate surface area is 166 Å². The Morgan fingerprint density at radius 2 is 2.00 bits per heavy atom. The van der Waals surface area contributed by atoms with Gasteiger partial charge in [0.25, 0.3) is 0 Å². The predicted octanol–water partition coefficient (Wildman–Crippen LogP) is 3.09. The molecular weight excluding hydrogens is 370 g/mol. The van der Waals surface area contributed by atoms with Crippen LogP contribution >= 0.6 is 11.8 Å². The van der Waals surface area contributed by atoms with E-state index in [1.165, 1.54) is 17.8 Å². The average Bonchev–Trinajstić information content (AvgIpc) is 2.71. The summed E-state index contributed by atoms with van der Waals surface area (Å²) in [5, 5.41) is 13.8. The van der Waals surface area contributed by atoms with Crippen LogP contribution in [0.4, 0.5) is 0 Å². The first kappa shape index (κ1) is 19.3. The number of hydrazone groups is 1. The number of hydrogen-bond acceptors (Lipinski definition) is 5. The Balaban J connectivity index is 1.95. The normalized spacial score (nSPS) is 11.2. The molecule has 7 heteroatoms. The van der Waals surface area contributed by atoms with Crippen LogP contribution in [0.3, 0.4) is 0 Å². The number of amidine groups is 1. The zero-order valence-electron chi connectivity index (χ0n) is 15.3. The molecule has 0 aliphatic rings. The molecule has 0 bridgehead atoms. The summed E-state index contributed by atoms with van der Waals surface area (Å²) in [6, 6.07) is 19.0. The van der Waals surface area contributed by atoms with E-state index in [2.05, 4.69) is 16.2 Å². The van der Waals surface area contributed by atoms with Gasteiger partial charge in [-0.05, 0) is 24.1 Å². The number of nitrogens with one attached hydrogen (secondary N) is 1. The molecule has 0 spiro atoms. The van der Waals surface area contributed by atoms with Crippen molar-refractivity contribution in [2.24, 2.45) is 16.7 Å². The van der Waals surface area contributed by atoms with Crippen molar-refractivity contribution < 1.29 is 0 Å². The lowest BCUT2D eigenvalue weighted by atomic mass is 10.0. The van der Waals surface area contributed by atoms with E-state index in [-0.39, 0.29) is 11.4 Å². The highest BCUT2D eigenvalue weighted by molar-refractivity contribution is 7.98. The molecule has 140 valence electrons. The number of aromatic amines is 1. The standard InChI is InChI=1S/C21H19N5OS/c1-13-4-2-6-15(8-13)17-10-19(27)25-21(18(17)11-22)28-12-14-5-3-7-16(9-14)20(23)26-24/h2-10H,12,24H2,1H3,(H2,23,26)(H,25,27). The molecule has 6 nitrogen and oxygen atoms in total. The molecule has 0 saturated heterocycles. The Morgan fingerprint density at radius 3 is 2.71 bits per heavy atom. The van der Waals surface area contributed by atoms with Crippen LogP contribution in [-0.4, -0.2) is 10.8 Å². The van der Waals surface area contributed by atoms with Gasteiger partial charge in [0, 0.05) is 22.9 Å². The number of pyridine rings is 1. The summed E-state index contributed by atoms with van der Waals surface area (Å²) < 4.78 is 0. The number of H-pyrrole nitrogens is 1. The number of hydrogen-bond donors (Lipinski definition) is 3. The van der Waals surface area contributed by atoms with Crippen molar-refractivity contribution in [1.82, 2.24) is 4.98 Å². The third-order valence-electron chi connectivity index (χ3n) is 4.19. The lowest BCUT2D eigenvalue weighted by Gasteiger charge is -2.10. The van der Waals surface area contributed by atoms with Gasteiger partial charge in [-0.25, -0.2) is 0 Å². The molecule has 3 rings (SSSR count). The number of nitriles is 1. The second kappa shape index (κ2) is 8.46. The number of benzene rings is 2. The van der Waals surface area contributed by atoms with Crippen LogP contribution < -0.4 is 17.1 Å². The van der Waals surface area contributed by atoms with Crippen LogP contribution in [0, 0.1) is 18.3 Å². The summed E-state index contributed by atoms with van der Waals surface area (Å²) in [6.45, 7) is 1.97. The van der Waals surface area contributed by atoms with Crippen LogP contribution in [0.2, 0.25) is 0 Å². The monoisotopic (exact) mass is 389 g/mol. The molecule has 0 aliphatic carbocycles. The molecule has 0 atom stereocenters. The first-order chi connectivity index (χ1) is 13.5. The van der Waals surface area contributed by atoms with Gasteiger partial charge in [0.15, 0.2) is 0 Å². The maximum atomic E-state index is 12.2. The molecule has 1 aromatic heterocycles. The molecule has 5 N–H and O–H groups in total. The summed E-state index contributed by atoms with van der Waals surface area (Å²) in [7, 11) is 0. The minimum Gasteiger partial charge on any atom is -0.382 e. The zero-order valence-corrected chi connectivity index (χ0v) is 16.1. The van der Waals surface area contributed by atoms with E-state index in [9.17, 15) is 10.1 Å². The Kier molecular flexibility index (Phi) is 5.82. The van der Waals surface area contributed by atoms with Gasteiger partial charge in [-0.15, -0.1) is 11.8 Å². The lowest BCUT2D eigenvalue weighted by Crippen LogP contribution is -2.15. The van der Waals surface area contributed by atoms with Crippen molar-refractivity contribution in [3.8, 4) is 17.2 Å². The number of nitrogens with two attached hydrogens (primary N) is 2. The average molecular weight is 389 g/mol. The quantitative estimate of drug-likeness (QED) is 0.204. The Bertz CT molecular complexity index is 1140. The molecule has 1 heterocycles. The fourth-order valence-corrected chi connectivity index (χ4v) is 3.81. The molecule has 2 aromatic carbocycles. The van der Waals surface area contributed by atoms with Gasteiger partial charge in [-0.1, -0.05) is 48.0 Å². The Hall–Kier alpha value is -3.50. The number of thioether (sulfide) groups is 1. The van der Waals surface area contributed by atoms with Crippen LogP contribution in [0.15, 0.2) is 69.5 Å². The topological polar surface area (TPSA) is 121 Å². The molecule has 0 unspecified atom stereocenters. The molecule has 0 aliphatic heterocycles. The van der Waals surface area contributed by atoms with Crippen LogP contribution in [0.25, 0.3) is 11.1 Å². The van der Waals surface area contributed by atoms with Gasteiger partial charge in [0.05, 0.1) is 10.6 Å². The third-order valence-corrected chi connectivity index (χ3v) is 5.27. The highest BCUT2D eigenvalue weighted by atomic mass is 32.2. The van der Waals surface area contributed by atoms with Gasteiger partial charge in [-0.2, -0.15) is 10.4 Å². The SMILES string of the molecule is Cc1cccc(-c2cc(=O)[nH]c(SCc3cccc(/C(N)=N/N)c3)c2C#N)c1. The van der Waals surface area contributed by atoms with Crippen LogP contribution in [-0.2, 0) is 5.75 Å². The molecule has 3 aromatic rings. The van der Waals surface area contributed by atoms with Gasteiger partial charge < -0.3 is 16.6 Å². The minimum absolute atomic E-state index is 0.244. The van der Waals surface area contributed by atoms with Gasteiger partial charge in [0.2, 0.25) is 5.56 Å². The van der Waals surface area contributed by atoms with E-state index in [4.69, 9.17) is 11.6 Å². The van der Waals surface area contributed by atoms with E-state index in [0.29, 0.717) is 21.9 Å². The highest BCUT2D eigenvalue weighted by Gasteiger charge is 2.13. The summed E-state index contributed by atoms with van der Waals surface area (Å²) in [6.07, 6.45) is 0. The van der Waals surface area contributed by atoms with Gasteiger partial charge in [-0.3, -0.25) is 4.79 Å². The lowest BCUT2D eigenvalue weighted by molar-refractivity contribution is 1.06. The van der Waals surface area contributed by atoms with Crippen molar-refractivity contribution in [1.29, 1.82) is 5.26 Å². The van der Waals surface area contributed by atoms with Gasteiger partial charge in [0.1, 0.15) is 11.9 Å². The van der Waals surface area contributed by atoms with Crippen molar-refractivity contribution in [2.75, 3.05) is 0 Å². The fraction of sp³-hybridized carbons (Fsp3) is 0.0952. The maximum absolute atomic E-state index is 12.2. The molecule has 28 heavy (non-hydrogen) atoms. The second-order valence-electron chi connectivity index (χ2n) is 6.24. The van der Waals surface area contributed by atoms with E-state index in [1.54, 1.807) is 0 Å². The van der Waals surface area contributed by atoms with Crippen molar-refractivity contribution in [3.63, 3.8) is 0 Å². The summed E-state index contributed by atoms with van der Waals surface area (Å²) in [5.41, 5.74) is 10.2. The van der Waals surface area contributed by atoms with Crippen molar-refractivity contribution in [2.45, 2.75) is 17.7 Å². The smallest absolute Gasteiger partial charge is 0.249 e. The van der Waals surface area contributed by atoms with Crippen LogP contribution in [0.1, 0.15) is 22.3 Å². The maximum Gasteiger partial charge on any atom is 0.249 e. The first-order valence-electron chi connectivity index (χ1n) is 8.51. The number of nitrogens with zero attached hydrogens (tertiary/aromatic N) is 2. The van der Waals surface area contributed by atoms with Crippen LogP contribution in [0.5, 0.6) is 0 Å². The van der Waals surface area contributed by atoms with Crippen molar-refractivity contribution >= 4 is 17.6 Å². The molecule has 0 radical (unpaired) electrons. The second-order valence-corrected chi connectivity index (χ2v) is 7.22. The number of rotatable bonds is 5. The third kappa shape index (κ3) is 4.24. The predicted molar refractivity (Wildman–Crippen MR) is 113 cm³/mol. The zero-order chi connectivity index (χ0) is 20.1.